The van der Waals surface area contributed by atoms with Gasteiger partial charge in [-0.15, -0.1) is 0 Å². The first-order chi connectivity index (χ1) is 14.0. The van der Waals surface area contributed by atoms with Crippen LogP contribution in [0.2, 0.25) is 0 Å². The van der Waals surface area contributed by atoms with Crippen molar-refractivity contribution >= 4 is 17.7 Å². The first-order valence-corrected chi connectivity index (χ1v) is 9.57. The molecule has 1 aliphatic heterocycles. The van der Waals surface area contributed by atoms with Crippen molar-refractivity contribution in [3.63, 3.8) is 0 Å². The summed E-state index contributed by atoms with van der Waals surface area (Å²) in [6.07, 6.45) is -2.52. The molecule has 9 heteroatoms. The number of nitrogens with zero attached hydrogens (tertiary/aromatic N) is 2. The maximum Gasteiger partial charge on any atom is 0.416 e. The van der Waals surface area contributed by atoms with Crippen molar-refractivity contribution < 1.29 is 27.6 Å². The summed E-state index contributed by atoms with van der Waals surface area (Å²) in [4.78, 5) is 38.6. The Balaban J connectivity index is 1.62. The number of carbonyl (C=O) groups is 3. The number of imide groups is 1. The van der Waals surface area contributed by atoms with E-state index in [-0.39, 0.29) is 11.3 Å². The van der Waals surface area contributed by atoms with Gasteiger partial charge < -0.3 is 9.88 Å². The summed E-state index contributed by atoms with van der Waals surface area (Å²) in [6.45, 7) is 2.90. The number of rotatable bonds is 4. The van der Waals surface area contributed by atoms with Crippen molar-refractivity contribution in [3.05, 3.63) is 52.8 Å². The van der Waals surface area contributed by atoms with Crippen LogP contribution < -0.4 is 5.32 Å². The molecular formula is C21H20F3N3O3. The van der Waals surface area contributed by atoms with Crippen molar-refractivity contribution in [3.8, 4) is 5.69 Å². The smallest absolute Gasteiger partial charge is 0.323 e. The fourth-order valence-electron chi connectivity index (χ4n) is 4.18. The van der Waals surface area contributed by atoms with Crippen LogP contribution in [0.1, 0.15) is 46.6 Å². The Labute approximate surface area is 170 Å². The van der Waals surface area contributed by atoms with E-state index in [0.29, 0.717) is 24.2 Å². The van der Waals surface area contributed by atoms with Crippen LogP contribution in [-0.4, -0.2) is 39.3 Å². The van der Waals surface area contributed by atoms with Gasteiger partial charge in [0.25, 0.3) is 5.91 Å². The molecule has 0 bridgehead atoms. The van der Waals surface area contributed by atoms with E-state index in [9.17, 15) is 27.6 Å². The van der Waals surface area contributed by atoms with Gasteiger partial charge in [0.15, 0.2) is 5.78 Å². The second-order valence-electron chi connectivity index (χ2n) is 7.85. The average Bonchev–Trinajstić information content (AvgIpc) is 3.08. The minimum Gasteiger partial charge on any atom is -0.323 e. The van der Waals surface area contributed by atoms with Gasteiger partial charge in [-0.05, 0) is 57.4 Å². The van der Waals surface area contributed by atoms with Gasteiger partial charge in [-0.1, -0.05) is 6.07 Å². The summed E-state index contributed by atoms with van der Waals surface area (Å²) in [7, 11) is 0. The highest BCUT2D eigenvalue weighted by atomic mass is 19.4. The number of hydrogen-bond acceptors (Lipinski definition) is 3. The van der Waals surface area contributed by atoms with Gasteiger partial charge in [0, 0.05) is 22.6 Å². The van der Waals surface area contributed by atoms with Crippen molar-refractivity contribution in [1.82, 2.24) is 14.8 Å². The summed E-state index contributed by atoms with van der Waals surface area (Å²) in [6, 6.07) is 5.82. The van der Waals surface area contributed by atoms with Gasteiger partial charge >= 0.3 is 12.2 Å². The summed E-state index contributed by atoms with van der Waals surface area (Å²) < 4.78 is 40.8. The molecule has 1 aliphatic carbocycles. The van der Waals surface area contributed by atoms with Crippen LogP contribution in [0.4, 0.5) is 18.0 Å². The first kappa shape index (κ1) is 20.2. The van der Waals surface area contributed by atoms with Crippen molar-refractivity contribution in [1.29, 1.82) is 0 Å². The maximum absolute atomic E-state index is 13.1. The minimum absolute atomic E-state index is 0.264. The number of nitrogens with one attached hydrogen (secondary N) is 1. The number of ketones is 1. The molecule has 1 spiro atoms. The molecule has 3 amide bonds. The summed E-state index contributed by atoms with van der Waals surface area (Å²) in [5, 5.41) is 2.67. The van der Waals surface area contributed by atoms with Crippen molar-refractivity contribution in [2.24, 2.45) is 0 Å². The molecule has 2 fully saturated rings. The molecule has 0 unspecified atom stereocenters. The number of aryl methyl sites for hydroxylation is 1. The third kappa shape index (κ3) is 3.09. The molecule has 158 valence electrons. The third-order valence-electron chi connectivity index (χ3n) is 5.92. The molecule has 2 heterocycles. The highest BCUT2D eigenvalue weighted by Gasteiger charge is 2.55. The molecule has 4 rings (SSSR count). The number of hydrogen-bond donors (Lipinski definition) is 1. The molecule has 0 atom stereocenters. The third-order valence-corrected chi connectivity index (χ3v) is 5.92. The van der Waals surface area contributed by atoms with Crippen LogP contribution in [0.15, 0.2) is 30.3 Å². The fraction of sp³-hybridized carbons (Fsp3) is 0.381. The predicted molar refractivity (Wildman–Crippen MR) is 101 cm³/mol. The molecule has 2 aliphatic rings. The summed E-state index contributed by atoms with van der Waals surface area (Å²) in [5.74, 6) is -0.833. The Morgan fingerprint density at radius 1 is 1.17 bits per heavy atom. The molecule has 1 N–H and O–H groups in total. The molecular weight excluding hydrogens is 399 g/mol. The Hall–Kier alpha value is -3.10. The van der Waals surface area contributed by atoms with E-state index >= 15 is 0 Å². The van der Waals surface area contributed by atoms with Crippen LogP contribution in [0.3, 0.4) is 0 Å². The molecule has 1 aromatic carbocycles. The number of urea groups is 1. The van der Waals surface area contributed by atoms with E-state index in [1.54, 1.807) is 24.5 Å². The van der Waals surface area contributed by atoms with Gasteiger partial charge in [-0.3, -0.25) is 14.5 Å². The lowest BCUT2D eigenvalue weighted by atomic mass is 9.77. The van der Waals surface area contributed by atoms with E-state index in [4.69, 9.17) is 0 Å². The Bertz CT molecular complexity index is 1070. The average molecular weight is 419 g/mol. The second-order valence-corrected chi connectivity index (χ2v) is 7.85. The zero-order chi connectivity index (χ0) is 21.8. The van der Waals surface area contributed by atoms with Crippen LogP contribution in [0.25, 0.3) is 5.69 Å². The van der Waals surface area contributed by atoms with Crippen LogP contribution >= 0.6 is 0 Å². The molecule has 30 heavy (non-hydrogen) atoms. The highest BCUT2D eigenvalue weighted by molar-refractivity contribution is 6.11. The van der Waals surface area contributed by atoms with Gasteiger partial charge in [-0.2, -0.15) is 13.2 Å². The van der Waals surface area contributed by atoms with Gasteiger partial charge in [0.2, 0.25) is 0 Å². The topological polar surface area (TPSA) is 71.4 Å². The molecule has 2 aromatic rings. The van der Waals surface area contributed by atoms with Gasteiger partial charge in [0.05, 0.1) is 12.1 Å². The van der Waals surface area contributed by atoms with Crippen molar-refractivity contribution in [2.45, 2.75) is 44.8 Å². The Morgan fingerprint density at radius 3 is 2.43 bits per heavy atom. The summed E-state index contributed by atoms with van der Waals surface area (Å²) in [5.41, 5.74) is -0.0929. The van der Waals surface area contributed by atoms with E-state index in [0.717, 1.165) is 23.5 Å². The summed E-state index contributed by atoms with van der Waals surface area (Å²) >= 11 is 0. The number of aromatic nitrogens is 1. The first-order valence-electron chi connectivity index (χ1n) is 9.57. The number of carbonyl (C=O) groups excluding carboxylic acids is 3. The zero-order valence-corrected chi connectivity index (χ0v) is 16.5. The standard InChI is InChI=1S/C21H20F3N3O3/c1-12-9-16(13(2)27(12)15-6-3-5-14(10-15)21(22,23)24)17(28)11-26-18(29)20(7-4-8-20)25-19(26)30/h3,5-6,9-10H,4,7-8,11H2,1-2H3,(H,25,30). The molecule has 6 nitrogen and oxygen atoms in total. The normalized spacial score (nSPS) is 18.0. The number of halogens is 3. The van der Waals surface area contributed by atoms with E-state index in [1.165, 1.54) is 12.1 Å². The highest BCUT2D eigenvalue weighted by Crippen LogP contribution is 2.37. The lowest BCUT2D eigenvalue weighted by Gasteiger charge is -2.34. The number of alkyl halides is 3. The lowest BCUT2D eigenvalue weighted by Crippen LogP contribution is -2.52. The molecule has 0 radical (unpaired) electrons. The SMILES string of the molecule is Cc1cc(C(=O)CN2C(=O)NC3(CCC3)C2=O)c(C)n1-c1cccc(C(F)(F)F)c1. The van der Waals surface area contributed by atoms with Gasteiger partial charge in [0.1, 0.15) is 5.54 Å². The molecule has 1 aromatic heterocycles. The zero-order valence-electron chi connectivity index (χ0n) is 16.5. The number of amides is 3. The van der Waals surface area contributed by atoms with E-state index < -0.39 is 41.5 Å². The quantitative estimate of drug-likeness (QED) is 0.606. The Kier molecular flexibility index (Phi) is 4.52. The number of Topliss-reactive ketones (excluding diaryl/α,β-unsaturated/α-hetero) is 1. The van der Waals surface area contributed by atoms with Crippen LogP contribution in [0.5, 0.6) is 0 Å². The predicted octanol–water partition coefficient (Wildman–Crippen LogP) is 3.77. The fourth-order valence-corrected chi connectivity index (χ4v) is 4.18. The van der Waals surface area contributed by atoms with Crippen molar-refractivity contribution in [2.75, 3.05) is 6.54 Å². The molecule has 1 saturated heterocycles. The largest absolute Gasteiger partial charge is 0.416 e. The second kappa shape index (κ2) is 6.72. The van der Waals surface area contributed by atoms with Crippen LogP contribution in [-0.2, 0) is 11.0 Å². The minimum atomic E-state index is -4.48. The van der Waals surface area contributed by atoms with E-state index in [1.807, 2.05) is 0 Å². The lowest BCUT2D eigenvalue weighted by molar-refractivity contribution is -0.137. The molecule has 1 saturated carbocycles. The monoisotopic (exact) mass is 419 g/mol. The number of benzene rings is 1. The van der Waals surface area contributed by atoms with E-state index in [2.05, 4.69) is 5.32 Å². The van der Waals surface area contributed by atoms with Crippen LogP contribution in [0, 0.1) is 13.8 Å². The Morgan fingerprint density at radius 2 is 1.87 bits per heavy atom. The maximum atomic E-state index is 13.1. The van der Waals surface area contributed by atoms with Gasteiger partial charge in [-0.25, -0.2) is 4.79 Å².